The Morgan fingerprint density at radius 3 is 2.34 bits per heavy atom. The van der Waals surface area contributed by atoms with Crippen LogP contribution in [-0.2, 0) is 5.79 Å². The van der Waals surface area contributed by atoms with Crippen molar-refractivity contribution in [2.24, 2.45) is 5.92 Å². The zero-order valence-corrected chi connectivity index (χ0v) is 26.1. The molecule has 1 aliphatic carbocycles. The van der Waals surface area contributed by atoms with Crippen LogP contribution in [0.15, 0.2) is 78.4 Å². The topological polar surface area (TPSA) is 129 Å². The van der Waals surface area contributed by atoms with Crippen LogP contribution in [0.2, 0.25) is 0 Å². The zero-order chi connectivity index (χ0) is 32.8. The Hall–Kier alpha value is -5.50. The van der Waals surface area contributed by atoms with E-state index in [1.165, 1.54) is 12.1 Å². The van der Waals surface area contributed by atoms with Gasteiger partial charge in [-0.25, -0.2) is 0 Å². The van der Waals surface area contributed by atoms with E-state index in [4.69, 9.17) is 14.2 Å². The number of fused-ring (bicyclic) bond motifs is 5. The van der Waals surface area contributed by atoms with Crippen molar-refractivity contribution in [1.29, 1.82) is 0 Å². The van der Waals surface area contributed by atoms with Crippen molar-refractivity contribution < 1.29 is 39.7 Å². The molecule has 0 bridgehead atoms. The fourth-order valence-electron chi connectivity index (χ4n) is 7.68. The van der Waals surface area contributed by atoms with Crippen LogP contribution in [0, 0.1) is 5.92 Å². The Kier molecular flexibility index (Phi) is 6.16. The average molecular weight is 631 g/mol. The maximum absolute atomic E-state index is 11.6. The first-order valence-electron chi connectivity index (χ1n) is 15.6. The van der Waals surface area contributed by atoms with Crippen molar-refractivity contribution in [3.05, 3.63) is 112 Å². The average Bonchev–Trinajstić information content (AvgIpc) is 2.99. The largest absolute Gasteiger partial charge is 0.508 e. The van der Waals surface area contributed by atoms with Gasteiger partial charge in [0.15, 0.2) is 0 Å². The molecule has 8 heteroatoms. The molecule has 0 fully saturated rings. The van der Waals surface area contributed by atoms with E-state index < -0.39 is 11.4 Å². The van der Waals surface area contributed by atoms with E-state index in [9.17, 15) is 25.5 Å². The van der Waals surface area contributed by atoms with Crippen LogP contribution in [0.4, 0.5) is 0 Å². The summed E-state index contributed by atoms with van der Waals surface area (Å²) in [5.41, 5.74) is 4.25. The van der Waals surface area contributed by atoms with Crippen molar-refractivity contribution in [2.45, 2.75) is 50.4 Å². The molecule has 0 amide bonds. The minimum absolute atomic E-state index is 0.0462. The van der Waals surface area contributed by atoms with Crippen molar-refractivity contribution >= 4 is 18.2 Å². The molecule has 3 heterocycles. The number of rotatable bonds is 3. The van der Waals surface area contributed by atoms with Gasteiger partial charge in [-0.05, 0) is 92.9 Å². The monoisotopic (exact) mass is 630 g/mol. The number of hydrogen-bond donors (Lipinski definition) is 5. The molecule has 8 nitrogen and oxygen atoms in total. The molecule has 238 valence electrons. The lowest BCUT2D eigenvalue weighted by molar-refractivity contribution is -0.198. The van der Waals surface area contributed by atoms with Crippen molar-refractivity contribution in [3.8, 4) is 46.0 Å². The van der Waals surface area contributed by atoms with Crippen LogP contribution in [-0.4, -0.2) is 31.1 Å². The highest BCUT2D eigenvalue weighted by molar-refractivity contribution is 5.75. The maximum Gasteiger partial charge on any atom is 0.285 e. The highest BCUT2D eigenvalue weighted by atomic mass is 16.7. The van der Waals surface area contributed by atoms with Gasteiger partial charge >= 0.3 is 0 Å². The number of hydrogen-bond acceptors (Lipinski definition) is 8. The summed E-state index contributed by atoms with van der Waals surface area (Å²) in [6.45, 7) is 5.95. The first-order chi connectivity index (χ1) is 22.4. The summed E-state index contributed by atoms with van der Waals surface area (Å²) in [6, 6.07) is 16.4. The molecule has 0 aromatic heterocycles. The predicted octanol–water partition coefficient (Wildman–Crippen LogP) is 8.04. The smallest absolute Gasteiger partial charge is 0.285 e. The lowest BCUT2D eigenvalue weighted by Gasteiger charge is -2.55. The lowest BCUT2D eigenvalue weighted by atomic mass is 9.61. The summed E-state index contributed by atoms with van der Waals surface area (Å²) in [4.78, 5) is 0. The van der Waals surface area contributed by atoms with Gasteiger partial charge in [0.1, 0.15) is 51.6 Å². The van der Waals surface area contributed by atoms with Gasteiger partial charge in [0.25, 0.3) is 5.79 Å². The molecule has 8 rings (SSSR count). The molecular weight excluding hydrogens is 596 g/mol. The molecule has 5 N–H and O–H groups in total. The summed E-state index contributed by atoms with van der Waals surface area (Å²) in [5, 5.41) is 53.1. The summed E-state index contributed by atoms with van der Waals surface area (Å²) in [7, 11) is 0. The molecule has 0 radical (unpaired) electrons. The quantitative estimate of drug-likeness (QED) is 0.114. The summed E-state index contributed by atoms with van der Waals surface area (Å²) < 4.78 is 20.6. The van der Waals surface area contributed by atoms with E-state index >= 15 is 0 Å². The molecule has 4 aromatic carbocycles. The van der Waals surface area contributed by atoms with E-state index in [0.717, 1.165) is 11.1 Å². The van der Waals surface area contributed by atoms with Gasteiger partial charge in [0.05, 0.1) is 17.0 Å². The number of phenols is 5. The third-order valence-electron chi connectivity index (χ3n) is 9.70. The van der Waals surface area contributed by atoms with Gasteiger partial charge in [-0.15, -0.1) is 0 Å². The molecule has 47 heavy (non-hydrogen) atoms. The Morgan fingerprint density at radius 2 is 1.53 bits per heavy atom. The first kappa shape index (κ1) is 28.9. The van der Waals surface area contributed by atoms with Crippen molar-refractivity contribution in [3.63, 3.8) is 0 Å². The fourth-order valence-corrected chi connectivity index (χ4v) is 7.68. The van der Waals surface area contributed by atoms with E-state index in [-0.39, 0.29) is 46.5 Å². The second-order valence-corrected chi connectivity index (χ2v) is 13.4. The minimum Gasteiger partial charge on any atom is -0.508 e. The minimum atomic E-state index is -1.48. The molecular formula is C39H34O8. The van der Waals surface area contributed by atoms with Gasteiger partial charge in [0.2, 0.25) is 0 Å². The molecule has 3 aliphatic heterocycles. The highest BCUT2D eigenvalue weighted by Crippen LogP contribution is 2.66. The molecule has 4 aliphatic rings. The van der Waals surface area contributed by atoms with Crippen molar-refractivity contribution in [2.75, 3.05) is 0 Å². The molecule has 4 aromatic rings. The highest BCUT2D eigenvalue weighted by Gasteiger charge is 2.62. The van der Waals surface area contributed by atoms with Crippen molar-refractivity contribution in [1.82, 2.24) is 0 Å². The standard InChI is InChI=1S/C39H34O8/c1-20-14-27-25-9-8-24(41)19-33(25)45-39(29-10-11-30(42)26-12-13-38(2,3)47-37(26)29)36(27)28(15-20)35-32(44)16-21(17-34(35)46-39)4-5-22-6-7-23(40)18-31(22)43/h4-13,15-19,27-28,36,40-44H,14H2,1-3H3/b5-4+/t27-,28-,36-,39+/m1/s1. The number of phenolic OH excluding ortho intramolecular Hbond substituents is 5. The van der Waals surface area contributed by atoms with E-state index in [1.54, 1.807) is 48.6 Å². The summed E-state index contributed by atoms with van der Waals surface area (Å²) >= 11 is 0. The number of benzene rings is 4. The van der Waals surface area contributed by atoms with Crippen LogP contribution >= 0.6 is 0 Å². The normalized spacial score (nSPS) is 24.5. The summed E-state index contributed by atoms with van der Waals surface area (Å²) in [5.74, 6) is -0.882. The second kappa shape index (κ2) is 10.00. The first-order valence-corrected chi connectivity index (χ1v) is 15.6. The molecule has 0 spiro atoms. The predicted molar refractivity (Wildman–Crippen MR) is 177 cm³/mol. The number of aromatic hydroxyl groups is 5. The van der Waals surface area contributed by atoms with Gasteiger partial charge in [-0.1, -0.05) is 29.9 Å². The lowest BCUT2D eigenvalue weighted by Crippen LogP contribution is -2.56. The van der Waals surface area contributed by atoms with Gasteiger partial charge in [-0.2, -0.15) is 0 Å². The number of allylic oxidation sites excluding steroid dienone is 2. The molecule has 0 saturated heterocycles. The Balaban J connectivity index is 1.36. The molecule has 4 atom stereocenters. The maximum atomic E-state index is 11.6. The second-order valence-electron chi connectivity index (χ2n) is 13.4. The molecule has 0 unspecified atom stereocenters. The van der Waals surface area contributed by atoms with Gasteiger partial charge < -0.3 is 39.7 Å². The van der Waals surface area contributed by atoms with Crippen LogP contribution in [0.5, 0.6) is 46.0 Å². The third-order valence-corrected chi connectivity index (χ3v) is 9.70. The zero-order valence-electron chi connectivity index (χ0n) is 26.1. The number of ether oxygens (including phenoxy) is 3. The van der Waals surface area contributed by atoms with Crippen LogP contribution < -0.4 is 14.2 Å². The Morgan fingerprint density at radius 1 is 0.766 bits per heavy atom. The summed E-state index contributed by atoms with van der Waals surface area (Å²) in [6.07, 6.45) is 10.1. The van der Waals surface area contributed by atoms with Gasteiger partial charge in [0, 0.05) is 35.1 Å². The van der Waals surface area contributed by atoms with Crippen LogP contribution in [0.25, 0.3) is 18.2 Å². The van der Waals surface area contributed by atoms with Gasteiger partial charge in [-0.3, -0.25) is 0 Å². The SMILES string of the molecule is CC1=C[C@@H]2c3c(O)cc(/C=C/c4ccc(O)cc4O)cc3O[C@]3(c4ccc(O)c5c4OC(C)(C)C=C5)Oc4cc(O)ccc4[C@@H](C1)[C@H]23. The van der Waals surface area contributed by atoms with E-state index in [0.29, 0.717) is 51.5 Å². The third kappa shape index (κ3) is 4.50. The van der Waals surface area contributed by atoms with Crippen LogP contribution in [0.1, 0.15) is 72.4 Å². The Labute approximate surface area is 271 Å². The fraction of sp³-hybridized carbons (Fsp3) is 0.231. The van der Waals surface area contributed by atoms with E-state index in [1.807, 2.05) is 38.1 Å². The van der Waals surface area contributed by atoms with E-state index in [2.05, 4.69) is 13.0 Å². The van der Waals surface area contributed by atoms with Crippen LogP contribution in [0.3, 0.4) is 0 Å². The molecule has 0 saturated carbocycles. The Bertz CT molecular complexity index is 2070.